The van der Waals surface area contributed by atoms with E-state index in [-0.39, 0.29) is 27.7 Å². The summed E-state index contributed by atoms with van der Waals surface area (Å²) in [6.45, 7) is 0.496. The van der Waals surface area contributed by atoms with Crippen LogP contribution in [0.2, 0.25) is 10.0 Å². The molecule has 1 saturated heterocycles. The third kappa shape index (κ3) is 3.13. The molecule has 0 aliphatic carbocycles. The van der Waals surface area contributed by atoms with Crippen molar-refractivity contribution in [3.8, 4) is 0 Å². The Bertz CT molecular complexity index is 565. The number of nitrogens with zero attached hydrogens (tertiary/aromatic N) is 2. The quantitative estimate of drug-likeness (QED) is 0.687. The molecule has 0 aromatic heterocycles. The Balaban J connectivity index is 2.22. The lowest BCUT2D eigenvalue weighted by Gasteiger charge is -2.30. The molecule has 1 aromatic carbocycles. The first kappa shape index (κ1) is 14.9. The van der Waals surface area contributed by atoms with Crippen LogP contribution in [0.15, 0.2) is 12.1 Å². The molecule has 20 heavy (non-hydrogen) atoms. The Morgan fingerprint density at radius 2 is 2.05 bits per heavy atom. The molecule has 6 nitrogen and oxygen atoms in total. The SMILES string of the molecule is CN1CC(Nc2cc(Cl)c(Cl)cc2[N+](=O)[O-])CCC1=O. The molecule has 1 aromatic rings. The lowest BCUT2D eigenvalue weighted by molar-refractivity contribution is -0.384. The molecule has 8 heteroatoms. The second-order valence-electron chi connectivity index (χ2n) is 4.69. The van der Waals surface area contributed by atoms with Gasteiger partial charge in [-0.05, 0) is 12.5 Å². The number of hydrogen-bond donors (Lipinski definition) is 1. The van der Waals surface area contributed by atoms with Crippen LogP contribution in [0, 0.1) is 10.1 Å². The van der Waals surface area contributed by atoms with E-state index >= 15 is 0 Å². The maximum Gasteiger partial charge on any atom is 0.293 e. The molecule has 0 bridgehead atoms. The summed E-state index contributed by atoms with van der Waals surface area (Å²) >= 11 is 11.7. The Labute approximate surface area is 125 Å². The molecule has 0 saturated carbocycles. The van der Waals surface area contributed by atoms with Gasteiger partial charge in [-0.15, -0.1) is 0 Å². The van der Waals surface area contributed by atoms with Crippen LogP contribution >= 0.6 is 23.2 Å². The Morgan fingerprint density at radius 3 is 2.65 bits per heavy atom. The molecule has 1 heterocycles. The standard InChI is InChI=1S/C12H13Cl2N3O3/c1-16-6-7(2-3-12(16)18)15-10-4-8(13)9(14)5-11(10)17(19)20/h4-5,7,15H,2-3,6H2,1H3. The third-order valence-electron chi connectivity index (χ3n) is 3.22. The zero-order chi connectivity index (χ0) is 14.9. The topological polar surface area (TPSA) is 75.5 Å². The molecule has 1 N–H and O–H groups in total. The van der Waals surface area contributed by atoms with Crippen molar-refractivity contribution in [3.05, 3.63) is 32.3 Å². The molecule has 1 fully saturated rings. The third-order valence-corrected chi connectivity index (χ3v) is 3.94. The molecule has 1 atom stereocenters. The summed E-state index contributed by atoms with van der Waals surface area (Å²) in [6.07, 6.45) is 1.05. The number of nitro groups is 1. The first-order chi connectivity index (χ1) is 9.38. The van der Waals surface area contributed by atoms with Gasteiger partial charge in [0, 0.05) is 32.1 Å². The van der Waals surface area contributed by atoms with Gasteiger partial charge in [0.05, 0.1) is 15.0 Å². The number of carbonyl (C=O) groups excluding carboxylic acids is 1. The van der Waals surface area contributed by atoms with Gasteiger partial charge < -0.3 is 10.2 Å². The first-order valence-corrected chi connectivity index (χ1v) is 6.78. The number of benzene rings is 1. The van der Waals surface area contributed by atoms with Gasteiger partial charge in [-0.25, -0.2) is 0 Å². The molecular formula is C12H13Cl2N3O3. The minimum absolute atomic E-state index is 0.0476. The molecule has 2 rings (SSSR count). The van der Waals surface area contributed by atoms with E-state index in [4.69, 9.17) is 23.2 Å². The van der Waals surface area contributed by atoms with Gasteiger partial charge >= 0.3 is 0 Å². The van der Waals surface area contributed by atoms with Gasteiger partial charge in [0.25, 0.3) is 5.69 Å². The maximum atomic E-state index is 11.4. The van der Waals surface area contributed by atoms with Crippen molar-refractivity contribution >= 4 is 40.5 Å². The van der Waals surface area contributed by atoms with Crippen molar-refractivity contribution in [2.75, 3.05) is 18.9 Å². The van der Waals surface area contributed by atoms with Gasteiger partial charge in [0.1, 0.15) is 5.69 Å². The fourth-order valence-corrected chi connectivity index (χ4v) is 2.47. The number of carbonyl (C=O) groups is 1. The van der Waals surface area contributed by atoms with E-state index in [0.717, 1.165) is 0 Å². The second kappa shape index (κ2) is 5.85. The van der Waals surface area contributed by atoms with Crippen molar-refractivity contribution in [1.82, 2.24) is 4.90 Å². The minimum atomic E-state index is -0.512. The summed E-state index contributed by atoms with van der Waals surface area (Å²) in [5, 5.41) is 14.5. The fourth-order valence-electron chi connectivity index (χ4n) is 2.15. The van der Waals surface area contributed by atoms with E-state index in [1.807, 2.05) is 0 Å². The summed E-state index contributed by atoms with van der Waals surface area (Å²) in [6, 6.07) is 2.62. The zero-order valence-corrected chi connectivity index (χ0v) is 12.2. The molecule has 1 aliphatic heterocycles. The number of amides is 1. The maximum absolute atomic E-state index is 11.4. The van der Waals surface area contributed by atoms with Gasteiger partial charge in [0.2, 0.25) is 5.91 Å². The number of likely N-dealkylation sites (tertiary alicyclic amines) is 1. The van der Waals surface area contributed by atoms with Gasteiger partial charge in [-0.3, -0.25) is 14.9 Å². The van der Waals surface area contributed by atoms with E-state index in [0.29, 0.717) is 25.1 Å². The van der Waals surface area contributed by atoms with E-state index < -0.39 is 4.92 Å². The Hall–Kier alpha value is -1.53. The average Bonchev–Trinajstić information content (AvgIpc) is 2.37. The summed E-state index contributed by atoms with van der Waals surface area (Å²) in [5.41, 5.74) is 0.191. The Morgan fingerprint density at radius 1 is 1.40 bits per heavy atom. The molecule has 108 valence electrons. The van der Waals surface area contributed by atoms with E-state index in [1.54, 1.807) is 11.9 Å². The molecule has 1 amide bonds. The van der Waals surface area contributed by atoms with Gasteiger partial charge in [-0.2, -0.15) is 0 Å². The van der Waals surface area contributed by atoms with Crippen molar-refractivity contribution in [2.24, 2.45) is 0 Å². The molecule has 1 unspecified atom stereocenters. The van der Waals surface area contributed by atoms with Gasteiger partial charge in [-0.1, -0.05) is 23.2 Å². The van der Waals surface area contributed by atoms with E-state index in [2.05, 4.69) is 5.32 Å². The number of halogens is 2. The van der Waals surface area contributed by atoms with Crippen molar-refractivity contribution in [2.45, 2.75) is 18.9 Å². The van der Waals surface area contributed by atoms with Crippen LogP contribution in [0.1, 0.15) is 12.8 Å². The minimum Gasteiger partial charge on any atom is -0.375 e. The van der Waals surface area contributed by atoms with Crippen molar-refractivity contribution in [3.63, 3.8) is 0 Å². The highest BCUT2D eigenvalue weighted by Gasteiger charge is 2.25. The number of rotatable bonds is 3. The highest BCUT2D eigenvalue weighted by Crippen LogP contribution is 2.34. The van der Waals surface area contributed by atoms with Crippen LogP contribution in [-0.2, 0) is 4.79 Å². The fraction of sp³-hybridized carbons (Fsp3) is 0.417. The molecule has 1 aliphatic rings. The van der Waals surface area contributed by atoms with E-state index in [9.17, 15) is 14.9 Å². The number of nitro benzene ring substituents is 1. The number of piperidine rings is 1. The predicted molar refractivity (Wildman–Crippen MR) is 77.4 cm³/mol. The monoisotopic (exact) mass is 317 g/mol. The number of likely N-dealkylation sites (N-methyl/N-ethyl adjacent to an activating group) is 1. The van der Waals surface area contributed by atoms with Crippen LogP contribution < -0.4 is 5.32 Å². The van der Waals surface area contributed by atoms with Crippen LogP contribution in [0.25, 0.3) is 0 Å². The van der Waals surface area contributed by atoms with Crippen LogP contribution in [-0.4, -0.2) is 35.4 Å². The van der Waals surface area contributed by atoms with Crippen molar-refractivity contribution in [1.29, 1.82) is 0 Å². The van der Waals surface area contributed by atoms with Crippen LogP contribution in [0.4, 0.5) is 11.4 Å². The molecule has 0 radical (unpaired) electrons. The summed E-state index contributed by atoms with van der Waals surface area (Å²) < 4.78 is 0. The number of hydrogen-bond acceptors (Lipinski definition) is 4. The predicted octanol–water partition coefficient (Wildman–Crippen LogP) is 2.93. The van der Waals surface area contributed by atoms with Crippen molar-refractivity contribution < 1.29 is 9.72 Å². The number of anilines is 1. The summed E-state index contributed by atoms with van der Waals surface area (Å²) in [4.78, 5) is 23.6. The highest BCUT2D eigenvalue weighted by molar-refractivity contribution is 6.42. The summed E-state index contributed by atoms with van der Waals surface area (Å²) in [7, 11) is 1.71. The first-order valence-electron chi connectivity index (χ1n) is 6.02. The lowest BCUT2D eigenvalue weighted by atomic mass is 10.1. The number of nitrogens with one attached hydrogen (secondary N) is 1. The second-order valence-corrected chi connectivity index (χ2v) is 5.51. The molecule has 0 spiro atoms. The average molecular weight is 318 g/mol. The highest BCUT2D eigenvalue weighted by atomic mass is 35.5. The lowest BCUT2D eigenvalue weighted by Crippen LogP contribution is -2.43. The smallest absolute Gasteiger partial charge is 0.293 e. The normalized spacial score (nSPS) is 19.1. The van der Waals surface area contributed by atoms with Gasteiger partial charge in [0.15, 0.2) is 0 Å². The Kier molecular flexibility index (Phi) is 4.35. The largest absolute Gasteiger partial charge is 0.375 e. The molecular weight excluding hydrogens is 305 g/mol. The van der Waals surface area contributed by atoms with E-state index in [1.165, 1.54) is 12.1 Å². The summed E-state index contributed by atoms with van der Waals surface area (Å²) in [5.74, 6) is 0.0756. The van der Waals surface area contributed by atoms with Crippen LogP contribution in [0.5, 0.6) is 0 Å². The van der Waals surface area contributed by atoms with Crippen LogP contribution in [0.3, 0.4) is 0 Å². The zero-order valence-electron chi connectivity index (χ0n) is 10.7.